The molecule has 1 heterocycles. The smallest absolute Gasteiger partial charge is 0.243 e. The van der Waals surface area contributed by atoms with Gasteiger partial charge in [0, 0.05) is 30.3 Å². The van der Waals surface area contributed by atoms with Crippen molar-refractivity contribution in [2.75, 3.05) is 32.0 Å². The number of nitrogens with zero attached hydrogens (tertiary/aromatic N) is 2. The highest BCUT2D eigenvalue weighted by atomic mass is 79.9. The normalized spacial score (nSPS) is 17.3. The van der Waals surface area contributed by atoms with Gasteiger partial charge in [0.15, 0.2) is 0 Å². The molecule has 0 spiro atoms. The van der Waals surface area contributed by atoms with Gasteiger partial charge < -0.3 is 10.2 Å². The summed E-state index contributed by atoms with van der Waals surface area (Å²) in [6.07, 6.45) is 1.19. The quantitative estimate of drug-likeness (QED) is 0.669. The van der Waals surface area contributed by atoms with E-state index in [2.05, 4.69) is 21.2 Å². The van der Waals surface area contributed by atoms with Crippen molar-refractivity contribution < 1.29 is 18.0 Å². The number of halogens is 1. The zero-order valence-corrected chi connectivity index (χ0v) is 19.0. The van der Waals surface area contributed by atoms with E-state index in [1.54, 1.807) is 43.4 Å². The number of likely N-dealkylation sites (N-methyl/N-ethyl adjacent to an activating group) is 1. The Morgan fingerprint density at radius 1 is 1.13 bits per heavy atom. The predicted octanol–water partition coefficient (Wildman–Crippen LogP) is 2.95. The minimum Gasteiger partial charge on any atom is -0.336 e. The predicted molar refractivity (Wildman–Crippen MR) is 118 cm³/mol. The van der Waals surface area contributed by atoms with Gasteiger partial charge in [0.2, 0.25) is 21.8 Å². The van der Waals surface area contributed by atoms with Crippen LogP contribution in [0.5, 0.6) is 0 Å². The lowest BCUT2D eigenvalue weighted by atomic mass is 9.98. The first kappa shape index (κ1) is 22.5. The van der Waals surface area contributed by atoms with Crippen LogP contribution in [0, 0.1) is 5.92 Å². The van der Waals surface area contributed by atoms with E-state index in [0.717, 1.165) is 4.47 Å². The average Bonchev–Trinajstić information content (AvgIpc) is 2.74. The molecule has 0 saturated carbocycles. The Balaban J connectivity index is 1.62. The van der Waals surface area contributed by atoms with Crippen LogP contribution in [-0.2, 0) is 19.6 Å². The van der Waals surface area contributed by atoms with Gasteiger partial charge in [0.1, 0.15) is 0 Å². The van der Waals surface area contributed by atoms with E-state index in [4.69, 9.17) is 0 Å². The lowest BCUT2D eigenvalue weighted by Gasteiger charge is -2.33. The maximum Gasteiger partial charge on any atom is 0.243 e. The second-order valence-corrected chi connectivity index (χ2v) is 10.1. The Morgan fingerprint density at radius 2 is 1.80 bits per heavy atom. The average molecular weight is 494 g/mol. The van der Waals surface area contributed by atoms with Crippen LogP contribution >= 0.6 is 15.9 Å². The maximum absolute atomic E-state index is 12.9. The summed E-state index contributed by atoms with van der Waals surface area (Å²) in [5.41, 5.74) is 0.660. The van der Waals surface area contributed by atoms with Crippen molar-refractivity contribution in [2.24, 2.45) is 5.92 Å². The first-order valence-electron chi connectivity index (χ1n) is 9.63. The van der Waals surface area contributed by atoms with E-state index < -0.39 is 15.9 Å². The molecule has 0 aliphatic carbocycles. The van der Waals surface area contributed by atoms with E-state index >= 15 is 0 Å². The van der Waals surface area contributed by atoms with Crippen LogP contribution in [0.4, 0.5) is 5.69 Å². The van der Waals surface area contributed by atoms with Gasteiger partial charge in [-0.3, -0.25) is 9.59 Å². The summed E-state index contributed by atoms with van der Waals surface area (Å²) in [6, 6.07) is 15.5. The minimum absolute atomic E-state index is 0.0936. The molecule has 2 aromatic rings. The zero-order chi connectivity index (χ0) is 21.7. The number of carbonyl (C=O) groups excluding carboxylic acids is 2. The molecule has 2 aromatic carbocycles. The number of nitrogens with one attached hydrogen (secondary N) is 1. The molecule has 1 N–H and O–H groups in total. The molecule has 2 amide bonds. The van der Waals surface area contributed by atoms with Gasteiger partial charge in [-0.05, 0) is 49.2 Å². The molecule has 3 rings (SSSR count). The van der Waals surface area contributed by atoms with Gasteiger partial charge in [-0.15, -0.1) is 0 Å². The third-order valence-corrected chi connectivity index (χ3v) is 7.41. The Morgan fingerprint density at radius 3 is 2.47 bits per heavy atom. The molecule has 1 unspecified atom stereocenters. The molecule has 1 aliphatic heterocycles. The molecule has 0 aromatic heterocycles. The van der Waals surface area contributed by atoms with Gasteiger partial charge in [-0.25, -0.2) is 8.42 Å². The van der Waals surface area contributed by atoms with Gasteiger partial charge in [-0.2, -0.15) is 4.31 Å². The molecule has 0 radical (unpaired) electrons. The van der Waals surface area contributed by atoms with E-state index in [1.807, 2.05) is 18.2 Å². The zero-order valence-electron chi connectivity index (χ0n) is 16.6. The summed E-state index contributed by atoms with van der Waals surface area (Å²) in [4.78, 5) is 26.7. The van der Waals surface area contributed by atoms with Crippen molar-refractivity contribution in [1.82, 2.24) is 9.21 Å². The maximum atomic E-state index is 12.9. The third-order valence-electron chi connectivity index (χ3n) is 5.00. The molecule has 1 saturated heterocycles. The highest BCUT2D eigenvalue weighted by molar-refractivity contribution is 9.10. The first-order chi connectivity index (χ1) is 14.3. The monoisotopic (exact) mass is 493 g/mol. The fraction of sp³-hybridized carbons (Fsp3) is 0.333. The van der Waals surface area contributed by atoms with Crippen LogP contribution in [-0.4, -0.2) is 56.1 Å². The Bertz CT molecular complexity index is 997. The van der Waals surface area contributed by atoms with Crippen LogP contribution in [0.25, 0.3) is 0 Å². The summed E-state index contributed by atoms with van der Waals surface area (Å²) in [5.74, 6) is -1.00. The van der Waals surface area contributed by atoms with Crippen molar-refractivity contribution in [3.05, 3.63) is 59.1 Å². The molecule has 160 valence electrons. The molecule has 1 aliphatic rings. The van der Waals surface area contributed by atoms with Crippen LogP contribution in [0.2, 0.25) is 0 Å². The number of benzene rings is 2. The number of piperidine rings is 1. The lowest BCUT2D eigenvalue weighted by Crippen LogP contribution is -2.47. The van der Waals surface area contributed by atoms with E-state index in [0.29, 0.717) is 25.1 Å². The summed E-state index contributed by atoms with van der Waals surface area (Å²) < 4.78 is 28.0. The Hall–Kier alpha value is -2.23. The second kappa shape index (κ2) is 9.72. The standard InChI is InChI=1S/C21H24BrN3O4S/c1-24(15-20(26)23-18-7-3-2-4-8-18)21(27)16-6-5-13-25(14-16)30(28,29)19-11-9-17(22)10-12-19/h2-4,7-12,16H,5-6,13-15H2,1H3,(H,23,26). The van der Waals surface area contributed by atoms with E-state index in [-0.39, 0.29) is 29.8 Å². The fourth-order valence-corrected chi connectivity index (χ4v) is 5.23. The molecule has 9 heteroatoms. The number of hydrogen-bond donors (Lipinski definition) is 1. The summed E-state index contributed by atoms with van der Waals surface area (Å²) in [5, 5.41) is 2.75. The highest BCUT2D eigenvalue weighted by Gasteiger charge is 2.34. The van der Waals surface area contributed by atoms with E-state index in [9.17, 15) is 18.0 Å². The van der Waals surface area contributed by atoms with Crippen molar-refractivity contribution in [2.45, 2.75) is 17.7 Å². The number of sulfonamides is 1. The fourth-order valence-electron chi connectivity index (χ4n) is 3.44. The van der Waals surface area contributed by atoms with Crippen LogP contribution in [0.3, 0.4) is 0 Å². The van der Waals surface area contributed by atoms with E-state index in [1.165, 1.54) is 9.21 Å². The van der Waals surface area contributed by atoms with Crippen LogP contribution in [0.15, 0.2) is 64.0 Å². The number of anilines is 1. The van der Waals surface area contributed by atoms with Crippen LogP contribution < -0.4 is 5.32 Å². The molecule has 1 fully saturated rings. The topological polar surface area (TPSA) is 86.8 Å². The largest absolute Gasteiger partial charge is 0.336 e. The van der Waals surface area contributed by atoms with Gasteiger partial charge in [-0.1, -0.05) is 34.1 Å². The molecular formula is C21H24BrN3O4S. The molecule has 30 heavy (non-hydrogen) atoms. The summed E-state index contributed by atoms with van der Waals surface area (Å²) >= 11 is 3.30. The van der Waals surface area contributed by atoms with Crippen molar-refractivity contribution in [1.29, 1.82) is 0 Å². The lowest BCUT2D eigenvalue weighted by molar-refractivity contribution is -0.138. The number of hydrogen-bond acceptors (Lipinski definition) is 4. The molecule has 0 bridgehead atoms. The Kier molecular flexibility index (Phi) is 7.27. The van der Waals surface area contributed by atoms with Crippen molar-refractivity contribution >= 4 is 43.5 Å². The number of para-hydroxylation sites is 1. The van der Waals surface area contributed by atoms with Gasteiger partial charge >= 0.3 is 0 Å². The molecular weight excluding hydrogens is 470 g/mol. The van der Waals surface area contributed by atoms with Crippen molar-refractivity contribution in [3.8, 4) is 0 Å². The summed E-state index contributed by atoms with van der Waals surface area (Å²) in [7, 11) is -2.11. The van der Waals surface area contributed by atoms with Gasteiger partial charge in [0.05, 0.1) is 17.4 Å². The molecule has 7 nitrogen and oxygen atoms in total. The van der Waals surface area contributed by atoms with Crippen LogP contribution in [0.1, 0.15) is 12.8 Å². The minimum atomic E-state index is -3.67. The van der Waals surface area contributed by atoms with Gasteiger partial charge in [0.25, 0.3) is 0 Å². The Labute approximate surface area is 185 Å². The van der Waals surface area contributed by atoms with Crippen molar-refractivity contribution in [3.63, 3.8) is 0 Å². The molecule has 1 atom stereocenters. The number of amides is 2. The third kappa shape index (κ3) is 5.47. The first-order valence-corrected chi connectivity index (χ1v) is 11.9. The second-order valence-electron chi connectivity index (χ2n) is 7.26. The summed E-state index contributed by atoms with van der Waals surface area (Å²) in [6.45, 7) is 0.395. The highest BCUT2D eigenvalue weighted by Crippen LogP contribution is 2.25. The number of carbonyl (C=O) groups is 2. The SMILES string of the molecule is CN(CC(=O)Nc1ccccc1)C(=O)C1CCCN(S(=O)(=O)c2ccc(Br)cc2)C1. The number of rotatable bonds is 6.